The Morgan fingerprint density at radius 2 is 1.89 bits per heavy atom. The molecule has 1 N–H and O–H groups in total. The Morgan fingerprint density at radius 1 is 1.11 bits per heavy atom. The number of benzene rings is 2. The van der Waals surface area contributed by atoms with Crippen LogP contribution in [0.15, 0.2) is 66.0 Å². The zero-order valence-corrected chi connectivity index (χ0v) is 25.8. The third-order valence-corrected chi connectivity index (χ3v) is 7.69. The Kier molecular flexibility index (Phi) is 8.82. The molecule has 0 bridgehead atoms. The number of pyridine rings is 1. The molecule has 3 heterocycles. The van der Waals surface area contributed by atoms with E-state index in [2.05, 4.69) is 30.1 Å². The van der Waals surface area contributed by atoms with Crippen LogP contribution in [-0.2, 0) is 4.79 Å². The quantitative estimate of drug-likeness (QED) is 0.247. The first kappa shape index (κ1) is 31.5. The van der Waals surface area contributed by atoms with Gasteiger partial charge in [-0.3, -0.25) is 9.69 Å². The molecule has 1 fully saturated rings. The molecule has 0 atom stereocenters. The van der Waals surface area contributed by atoms with E-state index in [0.29, 0.717) is 33.5 Å². The molecule has 1 aliphatic rings. The molecule has 1 aliphatic heterocycles. The third kappa shape index (κ3) is 7.25. The summed E-state index contributed by atoms with van der Waals surface area (Å²) >= 11 is 1.21. The van der Waals surface area contributed by atoms with Crippen LogP contribution >= 0.6 is 11.8 Å². The number of aromatic nitrogens is 4. The Balaban J connectivity index is 1.32. The highest BCUT2D eigenvalue weighted by molar-refractivity contribution is 8.15. The number of urea groups is 1. The highest BCUT2D eigenvalue weighted by atomic mass is 32.2. The number of alkyl halides is 3. The van der Waals surface area contributed by atoms with Gasteiger partial charge in [0.1, 0.15) is 12.1 Å². The number of aryl methyl sites for hydroxylation is 1. The monoisotopic (exact) mass is 638 g/mol. The number of carbonyl (C=O) groups is 2. The van der Waals surface area contributed by atoms with E-state index in [-0.39, 0.29) is 23.4 Å². The summed E-state index contributed by atoms with van der Waals surface area (Å²) in [6.07, 6.45) is -2.49. The van der Waals surface area contributed by atoms with Crippen LogP contribution < -0.4 is 19.9 Å². The molecule has 0 saturated carbocycles. The highest BCUT2D eigenvalue weighted by Gasteiger charge is 2.33. The first-order chi connectivity index (χ1) is 21.3. The van der Waals surface area contributed by atoms with Gasteiger partial charge in [0.2, 0.25) is 5.91 Å². The number of nitrogens with zero attached hydrogens (tertiary/aromatic N) is 7. The molecule has 0 aliphatic carbocycles. The summed E-state index contributed by atoms with van der Waals surface area (Å²) < 4.78 is 42.4. The zero-order valence-electron chi connectivity index (χ0n) is 25.0. The van der Waals surface area contributed by atoms with Crippen LogP contribution in [-0.4, -0.2) is 63.1 Å². The summed E-state index contributed by atoms with van der Waals surface area (Å²) in [5.41, 5.74) is 4.44. The molecule has 5 rings (SSSR count). The first-order valence-corrected chi connectivity index (χ1v) is 14.7. The van der Waals surface area contributed by atoms with Gasteiger partial charge < -0.3 is 15.0 Å². The molecule has 234 valence electrons. The fourth-order valence-corrected chi connectivity index (χ4v) is 5.41. The average Bonchev–Trinajstić information content (AvgIpc) is 3.60. The summed E-state index contributed by atoms with van der Waals surface area (Å²) in [5, 5.41) is 7.45. The fraction of sp³-hybridized carbons (Fsp3) is 0.267. The number of halogens is 3. The molecular weight excluding hydrogens is 609 g/mol. The lowest BCUT2D eigenvalue weighted by Gasteiger charge is -2.24. The van der Waals surface area contributed by atoms with Crippen molar-refractivity contribution in [3.05, 3.63) is 72.2 Å². The van der Waals surface area contributed by atoms with Crippen molar-refractivity contribution in [2.24, 2.45) is 4.99 Å². The van der Waals surface area contributed by atoms with Crippen molar-refractivity contribution in [1.29, 1.82) is 0 Å². The topological polar surface area (TPSA) is 118 Å². The zero-order chi connectivity index (χ0) is 32.5. The van der Waals surface area contributed by atoms with Crippen LogP contribution in [0.2, 0.25) is 0 Å². The SMILES string of the molecule is Cc1cc(-c2ncn(-c3ccc(OC(F)(F)F)cn3)n2)ccc1NC(=O)N=C1SCC(=O)N1c1cc(N(C)C)ccc1C(C)C. The van der Waals surface area contributed by atoms with Gasteiger partial charge in [0.05, 0.1) is 17.6 Å². The van der Waals surface area contributed by atoms with Gasteiger partial charge in [-0.15, -0.1) is 18.3 Å². The number of nitrogens with one attached hydrogen (secondary N) is 1. The summed E-state index contributed by atoms with van der Waals surface area (Å²) in [7, 11) is 3.84. The van der Waals surface area contributed by atoms with Crippen LogP contribution in [0.4, 0.5) is 35.0 Å². The number of anilines is 3. The van der Waals surface area contributed by atoms with Gasteiger partial charge in [0.15, 0.2) is 16.8 Å². The molecule has 45 heavy (non-hydrogen) atoms. The molecular formula is C30H29F3N8O3S. The maximum absolute atomic E-state index is 13.0. The molecule has 11 nitrogen and oxygen atoms in total. The number of amidine groups is 1. The Morgan fingerprint density at radius 3 is 2.53 bits per heavy atom. The van der Waals surface area contributed by atoms with E-state index in [4.69, 9.17) is 0 Å². The lowest BCUT2D eigenvalue weighted by molar-refractivity contribution is -0.274. The van der Waals surface area contributed by atoms with Gasteiger partial charge in [-0.05, 0) is 66.4 Å². The second-order valence-corrected chi connectivity index (χ2v) is 11.5. The lowest BCUT2D eigenvalue weighted by Crippen LogP contribution is -2.31. The molecule has 0 spiro atoms. The second-order valence-electron chi connectivity index (χ2n) is 10.6. The van der Waals surface area contributed by atoms with Crippen molar-refractivity contribution < 1.29 is 27.5 Å². The van der Waals surface area contributed by atoms with Crippen molar-refractivity contribution in [2.75, 3.05) is 35.0 Å². The first-order valence-electron chi connectivity index (χ1n) is 13.7. The van der Waals surface area contributed by atoms with Crippen molar-refractivity contribution >= 4 is 45.9 Å². The minimum atomic E-state index is -4.81. The number of ether oxygens (including phenoxy) is 1. The number of hydrogen-bond acceptors (Lipinski definition) is 8. The van der Waals surface area contributed by atoms with Crippen LogP contribution in [0.5, 0.6) is 5.75 Å². The van der Waals surface area contributed by atoms with Crippen molar-refractivity contribution in [3.63, 3.8) is 0 Å². The minimum absolute atomic E-state index is 0.140. The number of amides is 3. The smallest absolute Gasteiger partial charge is 0.404 e. The number of thioether (sulfide) groups is 1. The maximum Gasteiger partial charge on any atom is 0.573 e. The molecule has 1 saturated heterocycles. The van der Waals surface area contributed by atoms with Gasteiger partial charge in [-0.1, -0.05) is 31.7 Å². The summed E-state index contributed by atoms with van der Waals surface area (Å²) in [6.45, 7) is 5.89. The van der Waals surface area contributed by atoms with Crippen molar-refractivity contribution in [1.82, 2.24) is 19.7 Å². The van der Waals surface area contributed by atoms with Crippen LogP contribution in [0.3, 0.4) is 0 Å². The van der Waals surface area contributed by atoms with E-state index < -0.39 is 18.1 Å². The Hall–Kier alpha value is -4.92. The highest BCUT2D eigenvalue weighted by Crippen LogP contribution is 2.36. The van der Waals surface area contributed by atoms with Crippen LogP contribution in [0.25, 0.3) is 17.2 Å². The van der Waals surface area contributed by atoms with Gasteiger partial charge in [-0.2, -0.15) is 4.99 Å². The summed E-state index contributed by atoms with van der Waals surface area (Å²) in [4.78, 5) is 42.0. The number of carbonyl (C=O) groups excluding carboxylic acids is 2. The second kappa shape index (κ2) is 12.6. The van der Waals surface area contributed by atoms with Gasteiger partial charge in [-0.25, -0.2) is 19.4 Å². The van der Waals surface area contributed by atoms with E-state index in [0.717, 1.165) is 23.5 Å². The van der Waals surface area contributed by atoms with Crippen molar-refractivity contribution in [3.8, 4) is 23.0 Å². The van der Waals surface area contributed by atoms with Gasteiger partial charge in [0, 0.05) is 31.0 Å². The van der Waals surface area contributed by atoms with Gasteiger partial charge in [0.25, 0.3) is 0 Å². The number of rotatable bonds is 7. The number of hydrogen-bond donors (Lipinski definition) is 1. The molecule has 3 amide bonds. The predicted molar refractivity (Wildman–Crippen MR) is 167 cm³/mol. The van der Waals surface area contributed by atoms with Crippen LogP contribution in [0, 0.1) is 6.92 Å². The van der Waals surface area contributed by atoms with E-state index in [1.165, 1.54) is 33.7 Å². The normalized spacial score (nSPS) is 14.4. The molecule has 15 heteroatoms. The molecule has 4 aromatic rings. The maximum atomic E-state index is 13.0. The molecule has 0 radical (unpaired) electrons. The summed E-state index contributed by atoms with van der Waals surface area (Å²) in [6, 6.07) is 12.9. The van der Waals surface area contributed by atoms with E-state index in [1.54, 1.807) is 25.1 Å². The van der Waals surface area contributed by atoms with Gasteiger partial charge >= 0.3 is 12.4 Å². The minimum Gasteiger partial charge on any atom is -0.404 e. The fourth-order valence-electron chi connectivity index (χ4n) is 4.55. The number of aliphatic imine (C=N–C) groups is 1. The average molecular weight is 639 g/mol. The van der Waals surface area contributed by atoms with E-state index in [1.807, 2.05) is 51.0 Å². The Labute approximate surface area is 261 Å². The van der Waals surface area contributed by atoms with E-state index in [9.17, 15) is 22.8 Å². The third-order valence-electron chi connectivity index (χ3n) is 6.76. The molecule has 2 aromatic heterocycles. The van der Waals surface area contributed by atoms with E-state index >= 15 is 0 Å². The standard InChI is InChI=1S/C30H29F3N8O3S/c1-17(2)22-9-7-20(39(4)5)13-24(22)41-26(42)15-45-29(41)37-28(43)36-23-10-6-19(12-18(23)3)27-35-16-40(38-27)25-11-8-21(14-34-25)44-30(31,32)33/h6-14,16-17H,15H2,1-5H3,(H,36,43). The van der Waals surface area contributed by atoms with Crippen LogP contribution in [0.1, 0.15) is 30.9 Å². The Bertz CT molecular complexity index is 1770. The molecule has 2 aromatic carbocycles. The summed E-state index contributed by atoms with van der Waals surface area (Å²) in [5.74, 6) is 0.290. The predicted octanol–water partition coefficient (Wildman–Crippen LogP) is 6.39. The lowest BCUT2D eigenvalue weighted by atomic mass is 9.99. The largest absolute Gasteiger partial charge is 0.573 e. The van der Waals surface area contributed by atoms with Crippen molar-refractivity contribution in [2.45, 2.75) is 33.1 Å². The molecule has 0 unspecified atom stereocenters.